The summed E-state index contributed by atoms with van der Waals surface area (Å²) in [5.41, 5.74) is 7.44. The predicted octanol–water partition coefficient (Wildman–Crippen LogP) is 0.966. The van der Waals surface area contributed by atoms with E-state index in [0.717, 1.165) is 5.69 Å². The first-order valence-electron chi connectivity index (χ1n) is 6.03. The summed E-state index contributed by atoms with van der Waals surface area (Å²) in [4.78, 5) is 4.13. The summed E-state index contributed by atoms with van der Waals surface area (Å²) in [5.74, 6) is 0. The Bertz CT molecular complexity index is 687. The molecule has 1 aromatic heterocycles. The highest BCUT2D eigenvalue weighted by Crippen LogP contribution is 2.25. The molecule has 0 aliphatic rings. The van der Waals surface area contributed by atoms with Crippen LogP contribution in [0.2, 0.25) is 0 Å². The van der Waals surface area contributed by atoms with Gasteiger partial charge in [0, 0.05) is 24.9 Å². The molecule has 0 saturated carbocycles. The number of sulfonamides is 1. The second-order valence-electron chi connectivity index (χ2n) is 4.26. The number of benzene rings is 1. The lowest BCUT2D eigenvalue weighted by atomic mass is 10.2. The monoisotopic (exact) mass is 292 g/mol. The second-order valence-corrected chi connectivity index (χ2v) is 5.79. The summed E-state index contributed by atoms with van der Waals surface area (Å²) in [7, 11) is -3.81. The van der Waals surface area contributed by atoms with Gasteiger partial charge in [-0.05, 0) is 24.3 Å². The summed E-state index contributed by atoms with van der Waals surface area (Å²) in [5, 5.41) is 8.19. The molecule has 0 saturated heterocycles. The predicted molar refractivity (Wildman–Crippen MR) is 78.7 cm³/mol. The molecule has 106 valence electrons. The number of nitrogens with two attached hydrogens (primary N) is 2. The minimum absolute atomic E-state index is 0.0691. The molecule has 0 amide bonds. The van der Waals surface area contributed by atoms with E-state index >= 15 is 0 Å². The van der Waals surface area contributed by atoms with Crippen LogP contribution in [0, 0.1) is 0 Å². The maximum atomic E-state index is 11.4. The fourth-order valence-electron chi connectivity index (χ4n) is 1.82. The van der Waals surface area contributed by atoms with Crippen molar-refractivity contribution in [2.24, 2.45) is 5.14 Å². The SMILES string of the molecule is Nc1c(NCCc2ccccn2)cccc1S(N)(=O)=O. The van der Waals surface area contributed by atoms with E-state index in [9.17, 15) is 8.42 Å². The van der Waals surface area contributed by atoms with Gasteiger partial charge in [0.15, 0.2) is 0 Å². The fourth-order valence-corrected chi connectivity index (χ4v) is 2.50. The molecule has 0 spiro atoms. The normalized spacial score (nSPS) is 11.2. The molecule has 7 heteroatoms. The van der Waals surface area contributed by atoms with Crippen LogP contribution in [-0.2, 0) is 16.4 Å². The summed E-state index contributed by atoms with van der Waals surface area (Å²) in [6.07, 6.45) is 2.44. The van der Waals surface area contributed by atoms with Crippen molar-refractivity contribution >= 4 is 21.4 Å². The number of para-hydroxylation sites is 1. The zero-order valence-electron chi connectivity index (χ0n) is 10.8. The summed E-state index contributed by atoms with van der Waals surface area (Å²) in [6, 6.07) is 10.4. The van der Waals surface area contributed by atoms with E-state index in [1.54, 1.807) is 18.3 Å². The van der Waals surface area contributed by atoms with Crippen LogP contribution >= 0.6 is 0 Å². The molecular weight excluding hydrogens is 276 g/mol. The van der Waals surface area contributed by atoms with Gasteiger partial charge in [0.25, 0.3) is 0 Å². The molecule has 2 rings (SSSR count). The number of aromatic nitrogens is 1. The molecular formula is C13H16N4O2S. The van der Waals surface area contributed by atoms with Crippen LogP contribution in [0.1, 0.15) is 5.69 Å². The molecule has 0 aliphatic carbocycles. The van der Waals surface area contributed by atoms with Gasteiger partial charge < -0.3 is 11.1 Å². The van der Waals surface area contributed by atoms with Gasteiger partial charge >= 0.3 is 0 Å². The number of nitrogens with one attached hydrogen (secondary N) is 1. The van der Waals surface area contributed by atoms with Crippen LogP contribution in [0.3, 0.4) is 0 Å². The van der Waals surface area contributed by atoms with Gasteiger partial charge in [-0.3, -0.25) is 4.98 Å². The maximum Gasteiger partial charge on any atom is 0.240 e. The van der Waals surface area contributed by atoms with Crippen LogP contribution in [0.4, 0.5) is 11.4 Å². The first-order chi connectivity index (χ1) is 9.48. The standard InChI is InChI=1S/C13H16N4O2S/c14-13-11(5-3-6-12(13)20(15,18)19)17-9-7-10-4-1-2-8-16-10/h1-6,8,17H,7,9,14H2,(H2,15,18,19). The highest BCUT2D eigenvalue weighted by Gasteiger charge is 2.14. The smallest absolute Gasteiger partial charge is 0.240 e. The third kappa shape index (κ3) is 3.46. The quantitative estimate of drug-likeness (QED) is 0.711. The number of rotatable bonds is 5. The van der Waals surface area contributed by atoms with Gasteiger partial charge in [0.1, 0.15) is 4.90 Å². The molecule has 0 bridgehead atoms. The Morgan fingerprint density at radius 3 is 2.60 bits per heavy atom. The number of anilines is 2. The molecule has 5 N–H and O–H groups in total. The lowest BCUT2D eigenvalue weighted by molar-refractivity contribution is 0.598. The Morgan fingerprint density at radius 2 is 1.95 bits per heavy atom. The Balaban J connectivity index is 2.07. The Morgan fingerprint density at radius 1 is 1.15 bits per heavy atom. The molecule has 0 unspecified atom stereocenters. The van der Waals surface area contributed by atoms with Crippen LogP contribution in [0.5, 0.6) is 0 Å². The minimum Gasteiger partial charge on any atom is -0.396 e. The van der Waals surface area contributed by atoms with E-state index in [1.165, 1.54) is 6.07 Å². The lowest BCUT2D eigenvalue weighted by Gasteiger charge is -2.11. The van der Waals surface area contributed by atoms with Gasteiger partial charge in [-0.1, -0.05) is 12.1 Å². The maximum absolute atomic E-state index is 11.4. The molecule has 1 heterocycles. The van der Waals surface area contributed by atoms with E-state index in [1.807, 2.05) is 18.2 Å². The van der Waals surface area contributed by atoms with Crippen molar-refractivity contribution in [2.45, 2.75) is 11.3 Å². The molecule has 2 aromatic rings. The molecule has 1 aromatic carbocycles. The van der Waals surface area contributed by atoms with Crippen LogP contribution in [-0.4, -0.2) is 19.9 Å². The third-order valence-corrected chi connectivity index (χ3v) is 3.76. The van der Waals surface area contributed by atoms with E-state index in [-0.39, 0.29) is 10.6 Å². The third-order valence-electron chi connectivity index (χ3n) is 2.80. The van der Waals surface area contributed by atoms with Crippen molar-refractivity contribution in [2.75, 3.05) is 17.6 Å². The van der Waals surface area contributed by atoms with E-state index in [4.69, 9.17) is 10.9 Å². The number of hydrogen-bond donors (Lipinski definition) is 3. The van der Waals surface area contributed by atoms with Crippen molar-refractivity contribution in [3.05, 3.63) is 48.3 Å². The number of pyridine rings is 1. The summed E-state index contributed by atoms with van der Waals surface area (Å²) in [6.45, 7) is 0.593. The zero-order valence-corrected chi connectivity index (χ0v) is 11.6. The van der Waals surface area contributed by atoms with Crippen molar-refractivity contribution in [1.29, 1.82) is 0 Å². The zero-order chi connectivity index (χ0) is 14.6. The molecule has 6 nitrogen and oxygen atoms in total. The van der Waals surface area contributed by atoms with Gasteiger partial charge in [-0.25, -0.2) is 13.6 Å². The van der Waals surface area contributed by atoms with Crippen molar-refractivity contribution in [1.82, 2.24) is 4.98 Å². The Hall–Kier alpha value is -2.12. The second kappa shape index (κ2) is 5.89. The topological polar surface area (TPSA) is 111 Å². The summed E-state index contributed by atoms with van der Waals surface area (Å²) >= 11 is 0. The first kappa shape index (κ1) is 14.3. The number of hydrogen-bond acceptors (Lipinski definition) is 5. The van der Waals surface area contributed by atoms with Gasteiger partial charge in [0.2, 0.25) is 10.0 Å². The van der Waals surface area contributed by atoms with E-state index in [0.29, 0.717) is 18.7 Å². The number of nitrogen functional groups attached to an aromatic ring is 1. The molecule has 0 atom stereocenters. The number of nitrogens with zero attached hydrogens (tertiary/aromatic N) is 1. The minimum atomic E-state index is -3.81. The number of primary sulfonamides is 1. The van der Waals surface area contributed by atoms with Crippen LogP contribution in [0.25, 0.3) is 0 Å². The van der Waals surface area contributed by atoms with Crippen LogP contribution < -0.4 is 16.2 Å². The Labute approximate surface area is 117 Å². The average molecular weight is 292 g/mol. The largest absolute Gasteiger partial charge is 0.396 e. The molecule has 20 heavy (non-hydrogen) atoms. The highest BCUT2D eigenvalue weighted by atomic mass is 32.2. The van der Waals surface area contributed by atoms with Crippen molar-refractivity contribution in [3.63, 3.8) is 0 Å². The summed E-state index contributed by atoms with van der Waals surface area (Å²) < 4.78 is 22.7. The molecule has 0 radical (unpaired) electrons. The molecule has 0 fully saturated rings. The van der Waals surface area contributed by atoms with Crippen molar-refractivity contribution in [3.8, 4) is 0 Å². The van der Waals surface area contributed by atoms with Crippen LogP contribution in [0.15, 0.2) is 47.5 Å². The van der Waals surface area contributed by atoms with Gasteiger partial charge in [-0.15, -0.1) is 0 Å². The Kier molecular flexibility index (Phi) is 4.21. The molecule has 0 aliphatic heterocycles. The van der Waals surface area contributed by atoms with E-state index in [2.05, 4.69) is 10.3 Å². The lowest BCUT2D eigenvalue weighted by Crippen LogP contribution is -2.16. The first-order valence-corrected chi connectivity index (χ1v) is 7.58. The van der Waals surface area contributed by atoms with Crippen molar-refractivity contribution < 1.29 is 8.42 Å². The van der Waals surface area contributed by atoms with Gasteiger partial charge in [-0.2, -0.15) is 0 Å². The fraction of sp³-hybridized carbons (Fsp3) is 0.154. The highest BCUT2D eigenvalue weighted by molar-refractivity contribution is 7.89. The average Bonchev–Trinajstić information content (AvgIpc) is 2.40. The van der Waals surface area contributed by atoms with E-state index < -0.39 is 10.0 Å². The van der Waals surface area contributed by atoms with Gasteiger partial charge in [0.05, 0.1) is 11.4 Å².